The standard InChI is InChI=1S/C28H20N6O/c29-18-19-9-10-25-24(15-19)26(12-14-30-25)33-22-8-4-5-20(16-22)28(35)34-27-17-23(11-13-31-27)32-21-6-2-1-3-7-21/h1-17H,(H,30,33)(H2,31,32,34,35). The van der Waals surface area contributed by atoms with Gasteiger partial charge in [-0.15, -0.1) is 0 Å². The lowest BCUT2D eigenvalue weighted by Gasteiger charge is -2.12. The number of benzene rings is 3. The summed E-state index contributed by atoms with van der Waals surface area (Å²) in [6.07, 6.45) is 3.35. The second-order valence-corrected chi connectivity index (χ2v) is 7.78. The second kappa shape index (κ2) is 9.73. The van der Waals surface area contributed by atoms with Crippen LogP contribution in [-0.4, -0.2) is 15.9 Å². The Morgan fingerprint density at radius 1 is 0.743 bits per heavy atom. The number of hydrogen-bond acceptors (Lipinski definition) is 6. The topological polar surface area (TPSA) is 103 Å². The summed E-state index contributed by atoms with van der Waals surface area (Å²) in [5, 5.41) is 19.6. The van der Waals surface area contributed by atoms with E-state index < -0.39 is 0 Å². The molecule has 2 aromatic heterocycles. The van der Waals surface area contributed by atoms with E-state index in [2.05, 4.69) is 32.0 Å². The summed E-state index contributed by atoms with van der Waals surface area (Å²) in [6, 6.07) is 29.9. The van der Waals surface area contributed by atoms with Crippen LogP contribution in [0.25, 0.3) is 10.9 Å². The van der Waals surface area contributed by atoms with Gasteiger partial charge in [-0.05, 0) is 60.7 Å². The van der Waals surface area contributed by atoms with Crippen molar-refractivity contribution < 1.29 is 4.79 Å². The summed E-state index contributed by atoms with van der Waals surface area (Å²) in [7, 11) is 0. The molecule has 2 heterocycles. The average molecular weight is 457 g/mol. The van der Waals surface area contributed by atoms with Crippen molar-refractivity contribution in [2.45, 2.75) is 0 Å². The van der Waals surface area contributed by atoms with Crippen molar-refractivity contribution >= 4 is 45.4 Å². The molecule has 0 aliphatic rings. The Morgan fingerprint density at radius 2 is 1.54 bits per heavy atom. The molecule has 5 rings (SSSR count). The van der Waals surface area contributed by atoms with Gasteiger partial charge < -0.3 is 16.0 Å². The molecule has 3 N–H and O–H groups in total. The van der Waals surface area contributed by atoms with Crippen LogP contribution in [0.2, 0.25) is 0 Å². The number of para-hydroxylation sites is 1. The number of aromatic nitrogens is 2. The fraction of sp³-hybridized carbons (Fsp3) is 0. The molecule has 5 aromatic rings. The molecule has 7 heteroatoms. The van der Waals surface area contributed by atoms with Crippen LogP contribution in [0.5, 0.6) is 0 Å². The van der Waals surface area contributed by atoms with E-state index in [1.165, 1.54) is 0 Å². The van der Waals surface area contributed by atoms with Gasteiger partial charge in [-0.25, -0.2) is 4.98 Å². The Morgan fingerprint density at radius 3 is 2.40 bits per heavy atom. The van der Waals surface area contributed by atoms with Crippen molar-refractivity contribution in [2.24, 2.45) is 0 Å². The van der Waals surface area contributed by atoms with Crippen LogP contribution in [0.15, 0.2) is 103 Å². The molecule has 0 saturated heterocycles. The summed E-state index contributed by atoms with van der Waals surface area (Å²) in [5.41, 5.74) is 5.11. The maximum Gasteiger partial charge on any atom is 0.256 e. The average Bonchev–Trinajstić information content (AvgIpc) is 2.89. The number of rotatable bonds is 6. The number of amides is 1. The van der Waals surface area contributed by atoms with E-state index in [0.717, 1.165) is 33.7 Å². The van der Waals surface area contributed by atoms with Crippen molar-refractivity contribution in [3.63, 3.8) is 0 Å². The molecule has 0 aliphatic carbocycles. The first kappa shape index (κ1) is 21.6. The van der Waals surface area contributed by atoms with Gasteiger partial charge in [0.15, 0.2) is 0 Å². The number of anilines is 5. The molecule has 1 amide bonds. The molecule has 0 fully saturated rings. The highest BCUT2D eigenvalue weighted by Gasteiger charge is 2.10. The van der Waals surface area contributed by atoms with E-state index in [1.54, 1.807) is 42.7 Å². The minimum atomic E-state index is -0.274. The van der Waals surface area contributed by atoms with Gasteiger partial charge in [0.2, 0.25) is 0 Å². The highest BCUT2D eigenvalue weighted by molar-refractivity contribution is 6.04. The third-order valence-electron chi connectivity index (χ3n) is 5.34. The van der Waals surface area contributed by atoms with Gasteiger partial charge in [0, 0.05) is 52.2 Å². The predicted molar refractivity (Wildman–Crippen MR) is 138 cm³/mol. The number of pyridine rings is 2. The van der Waals surface area contributed by atoms with Crippen LogP contribution in [-0.2, 0) is 0 Å². The quantitative estimate of drug-likeness (QED) is 0.279. The van der Waals surface area contributed by atoms with Gasteiger partial charge in [-0.3, -0.25) is 9.78 Å². The first-order chi connectivity index (χ1) is 17.2. The van der Waals surface area contributed by atoms with Gasteiger partial charge in [0.1, 0.15) is 5.82 Å². The van der Waals surface area contributed by atoms with Crippen molar-refractivity contribution in [1.82, 2.24) is 9.97 Å². The Labute approximate surface area is 202 Å². The van der Waals surface area contributed by atoms with Crippen molar-refractivity contribution in [3.8, 4) is 6.07 Å². The molecule has 0 saturated carbocycles. The fourth-order valence-corrected chi connectivity index (χ4v) is 3.67. The van der Waals surface area contributed by atoms with Gasteiger partial charge in [0.25, 0.3) is 5.91 Å². The van der Waals surface area contributed by atoms with Gasteiger partial charge in [0.05, 0.1) is 17.1 Å². The number of hydrogen-bond donors (Lipinski definition) is 3. The largest absolute Gasteiger partial charge is 0.355 e. The molecule has 7 nitrogen and oxygen atoms in total. The highest BCUT2D eigenvalue weighted by atomic mass is 16.1. The Hall–Kier alpha value is -5.22. The van der Waals surface area contributed by atoms with E-state index in [9.17, 15) is 10.1 Å². The third-order valence-corrected chi connectivity index (χ3v) is 5.34. The van der Waals surface area contributed by atoms with Gasteiger partial charge in [-0.2, -0.15) is 5.26 Å². The molecule has 0 spiro atoms. The number of carbonyl (C=O) groups excluding carboxylic acids is 1. The van der Waals surface area contributed by atoms with Crippen LogP contribution in [0, 0.1) is 11.3 Å². The molecular weight excluding hydrogens is 436 g/mol. The van der Waals surface area contributed by atoms with Crippen LogP contribution >= 0.6 is 0 Å². The number of nitrogens with one attached hydrogen (secondary N) is 3. The normalized spacial score (nSPS) is 10.4. The number of nitrogens with zero attached hydrogens (tertiary/aromatic N) is 3. The Balaban J connectivity index is 1.33. The first-order valence-corrected chi connectivity index (χ1v) is 10.9. The van der Waals surface area contributed by atoms with Crippen LogP contribution in [0.1, 0.15) is 15.9 Å². The zero-order valence-corrected chi connectivity index (χ0v) is 18.6. The van der Waals surface area contributed by atoms with E-state index in [-0.39, 0.29) is 5.91 Å². The lowest BCUT2D eigenvalue weighted by atomic mass is 10.1. The van der Waals surface area contributed by atoms with Gasteiger partial charge in [-0.1, -0.05) is 24.3 Å². The summed E-state index contributed by atoms with van der Waals surface area (Å²) >= 11 is 0. The highest BCUT2D eigenvalue weighted by Crippen LogP contribution is 2.27. The predicted octanol–water partition coefficient (Wildman–Crippen LogP) is 6.24. The third kappa shape index (κ3) is 5.07. The minimum absolute atomic E-state index is 0.274. The van der Waals surface area contributed by atoms with Crippen LogP contribution < -0.4 is 16.0 Å². The van der Waals surface area contributed by atoms with Crippen molar-refractivity contribution in [3.05, 3.63) is 115 Å². The SMILES string of the molecule is N#Cc1ccc2nccc(Nc3cccc(C(=O)Nc4cc(Nc5ccccc5)ccn4)c3)c2c1. The van der Waals surface area contributed by atoms with E-state index >= 15 is 0 Å². The molecule has 0 unspecified atom stereocenters. The maximum absolute atomic E-state index is 12.9. The maximum atomic E-state index is 12.9. The molecule has 3 aromatic carbocycles. The Kier molecular flexibility index (Phi) is 6.01. The summed E-state index contributed by atoms with van der Waals surface area (Å²) in [5.74, 6) is 0.169. The molecule has 35 heavy (non-hydrogen) atoms. The molecule has 0 bridgehead atoms. The lowest BCUT2D eigenvalue weighted by molar-refractivity contribution is 0.102. The molecule has 0 aliphatic heterocycles. The molecule has 0 atom stereocenters. The molecule has 168 valence electrons. The smallest absolute Gasteiger partial charge is 0.256 e. The van der Waals surface area contributed by atoms with Gasteiger partial charge >= 0.3 is 0 Å². The van der Waals surface area contributed by atoms with E-state index in [4.69, 9.17) is 0 Å². The van der Waals surface area contributed by atoms with Crippen LogP contribution in [0.3, 0.4) is 0 Å². The second-order valence-electron chi connectivity index (χ2n) is 7.78. The number of carbonyl (C=O) groups is 1. The zero-order chi connectivity index (χ0) is 24.0. The Bertz CT molecular complexity index is 1560. The number of fused-ring (bicyclic) bond motifs is 1. The lowest BCUT2D eigenvalue weighted by Crippen LogP contribution is -2.13. The summed E-state index contributed by atoms with van der Waals surface area (Å²) in [6.45, 7) is 0. The van der Waals surface area contributed by atoms with Crippen molar-refractivity contribution in [2.75, 3.05) is 16.0 Å². The van der Waals surface area contributed by atoms with Crippen molar-refractivity contribution in [1.29, 1.82) is 5.26 Å². The zero-order valence-electron chi connectivity index (χ0n) is 18.6. The first-order valence-electron chi connectivity index (χ1n) is 10.9. The van der Waals surface area contributed by atoms with E-state index in [0.29, 0.717) is 16.9 Å². The molecule has 0 radical (unpaired) electrons. The summed E-state index contributed by atoms with van der Waals surface area (Å²) in [4.78, 5) is 21.6. The minimum Gasteiger partial charge on any atom is -0.355 e. The molecular formula is C28H20N6O. The monoisotopic (exact) mass is 456 g/mol. The summed E-state index contributed by atoms with van der Waals surface area (Å²) < 4.78 is 0. The van der Waals surface area contributed by atoms with E-state index in [1.807, 2.05) is 60.7 Å². The number of nitriles is 1. The van der Waals surface area contributed by atoms with Crippen LogP contribution in [0.4, 0.5) is 28.6 Å². The fourth-order valence-electron chi connectivity index (χ4n) is 3.67.